The van der Waals surface area contributed by atoms with Gasteiger partial charge < -0.3 is 14.9 Å². The zero-order valence-corrected chi connectivity index (χ0v) is 17.2. The molecule has 0 radical (unpaired) electrons. The number of likely N-dealkylation sites (N-methyl/N-ethyl adjacent to an activating group) is 1. The minimum Gasteiger partial charge on any atom is -0.396 e. The Morgan fingerprint density at radius 2 is 1.71 bits per heavy atom. The second-order valence-electron chi connectivity index (χ2n) is 8.52. The second kappa shape index (κ2) is 8.74. The van der Waals surface area contributed by atoms with E-state index in [1.165, 1.54) is 5.56 Å². The molecule has 2 aromatic rings. The Bertz CT molecular complexity index is 754. The van der Waals surface area contributed by atoms with Crippen molar-refractivity contribution in [1.82, 2.24) is 24.5 Å². The second-order valence-corrected chi connectivity index (χ2v) is 8.52. The lowest BCUT2D eigenvalue weighted by atomic mass is 9.96. The van der Waals surface area contributed by atoms with Gasteiger partial charge in [-0.1, -0.05) is 18.2 Å². The molecule has 1 aromatic heterocycles. The molecule has 2 atom stereocenters. The summed E-state index contributed by atoms with van der Waals surface area (Å²) in [5.41, 5.74) is 3.46. The zero-order valence-electron chi connectivity index (χ0n) is 17.2. The van der Waals surface area contributed by atoms with Gasteiger partial charge in [0.05, 0.1) is 11.4 Å². The van der Waals surface area contributed by atoms with Crippen molar-refractivity contribution in [1.29, 1.82) is 0 Å². The van der Waals surface area contributed by atoms with Crippen LogP contribution in [0.5, 0.6) is 0 Å². The Morgan fingerprint density at radius 3 is 2.43 bits per heavy atom. The number of hydrogen-bond acceptors (Lipinski definition) is 5. The van der Waals surface area contributed by atoms with Gasteiger partial charge in [0.15, 0.2) is 0 Å². The summed E-state index contributed by atoms with van der Waals surface area (Å²) in [5.74, 6) is 0.932. The molecule has 0 bridgehead atoms. The fraction of sp³-hybridized carbons (Fsp3) is 0.591. The molecule has 0 spiro atoms. The number of rotatable bonds is 6. The van der Waals surface area contributed by atoms with Gasteiger partial charge in [-0.25, -0.2) is 4.68 Å². The average molecular weight is 384 g/mol. The Hall–Kier alpha value is -1.73. The highest BCUT2D eigenvalue weighted by Crippen LogP contribution is 2.26. The number of aliphatic hydroxyl groups excluding tert-OH is 1. The lowest BCUT2D eigenvalue weighted by Crippen LogP contribution is -2.47. The molecule has 2 aliphatic heterocycles. The molecule has 4 rings (SSSR count). The summed E-state index contributed by atoms with van der Waals surface area (Å²) in [6.45, 7) is 11.0. The van der Waals surface area contributed by atoms with Crippen LogP contribution in [0, 0.1) is 18.8 Å². The molecular formula is C22H33N5O. The number of aromatic nitrogens is 2. The molecule has 28 heavy (non-hydrogen) atoms. The van der Waals surface area contributed by atoms with E-state index in [0.717, 1.165) is 63.7 Å². The quantitative estimate of drug-likeness (QED) is 0.819. The van der Waals surface area contributed by atoms with Crippen molar-refractivity contribution in [2.24, 2.45) is 11.8 Å². The topological polar surface area (TPSA) is 47.8 Å². The molecule has 6 heteroatoms. The third-order valence-corrected chi connectivity index (χ3v) is 6.39. The maximum atomic E-state index is 9.93. The van der Waals surface area contributed by atoms with E-state index in [4.69, 9.17) is 5.10 Å². The number of nitrogens with zero attached hydrogens (tertiary/aromatic N) is 5. The molecule has 2 saturated heterocycles. The maximum Gasteiger partial charge on any atom is 0.0645 e. The van der Waals surface area contributed by atoms with Crippen LogP contribution < -0.4 is 0 Å². The standard InChI is InChI=1S/C22H33N5O/c1-18-19(16-27(23-18)22-6-4-3-5-7-22)12-26-14-20(21(15-26)17-28)13-25-10-8-24(2)9-11-25/h3-7,16,20-21,28H,8-15,17H2,1-2H3. The van der Waals surface area contributed by atoms with Crippen molar-refractivity contribution in [3.05, 3.63) is 47.8 Å². The van der Waals surface area contributed by atoms with Crippen molar-refractivity contribution in [3.63, 3.8) is 0 Å². The molecule has 3 heterocycles. The first-order valence-electron chi connectivity index (χ1n) is 10.5. The van der Waals surface area contributed by atoms with Crippen LogP contribution in [0.15, 0.2) is 36.5 Å². The molecule has 2 unspecified atom stereocenters. The van der Waals surface area contributed by atoms with Crippen molar-refractivity contribution in [3.8, 4) is 5.69 Å². The highest BCUT2D eigenvalue weighted by Gasteiger charge is 2.34. The summed E-state index contributed by atoms with van der Waals surface area (Å²) < 4.78 is 1.98. The maximum absolute atomic E-state index is 9.93. The van der Waals surface area contributed by atoms with Crippen LogP contribution in [0.3, 0.4) is 0 Å². The normalized spacial score (nSPS) is 24.8. The molecule has 2 aliphatic rings. The van der Waals surface area contributed by atoms with Crippen molar-refractivity contribution in [2.75, 3.05) is 59.5 Å². The lowest BCUT2D eigenvalue weighted by Gasteiger charge is -2.34. The fourth-order valence-corrected chi connectivity index (χ4v) is 4.55. The van der Waals surface area contributed by atoms with E-state index in [1.54, 1.807) is 0 Å². The van der Waals surface area contributed by atoms with Crippen LogP contribution in [0.2, 0.25) is 0 Å². The van der Waals surface area contributed by atoms with Crippen LogP contribution >= 0.6 is 0 Å². The van der Waals surface area contributed by atoms with Gasteiger partial charge in [-0.15, -0.1) is 0 Å². The van der Waals surface area contributed by atoms with Gasteiger partial charge in [-0.05, 0) is 37.9 Å². The molecule has 0 saturated carbocycles. The molecule has 2 fully saturated rings. The van der Waals surface area contributed by atoms with Gasteiger partial charge in [-0.2, -0.15) is 5.10 Å². The third-order valence-electron chi connectivity index (χ3n) is 6.39. The van der Waals surface area contributed by atoms with E-state index < -0.39 is 0 Å². The van der Waals surface area contributed by atoms with Crippen LogP contribution in [-0.2, 0) is 6.54 Å². The van der Waals surface area contributed by atoms with Gasteiger partial charge in [0.1, 0.15) is 0 Å². The van der Waals surface area contributed by atoms with Crippen molar-refractivity contribution < 1.29 is 5.11 Å². The van der Waals surface area contributed by atoms with E-state index in [2.05, 4.69) is 47.0 Å². The van der Waals surface area contributed by atoms with Crippen molar-refractivity contribution >= 4 is 0 Å². The van der Waals surface area contributed by atoms with Gasteiger partial charge in [0.2, 0.25) is 0 Å². The van der Waals surface area contributed by atoms with Gasteiger partial charge >= 0.3 is 0 Å². The van der Waals surface area contributed by atoms with E-state index >= 15 is 0 Å². The number of likely N-dealkylation sites (tertiary alicyclic amines) is 1. The molecule has 6 nitrogen and oxygen atoms in total. The molecule has 0 aliphatic carbocycles. The molecule has 0 amide bonds. The van der Waals surface area contributed by atoms with Gasteiger partial charge in [0.25, 0.3) is 0 Å². The molecule has 1 N–H and O–H groups in total. The first-order chi connectivity index (χ1) is 13.6. The smallest absolute Gasteiger partial charge is 0.0645 e. The van der Waals surface area contributed by atoms with E-state index in [-0.39, 0.29) is 6.61 Å². The summed E-state index contributed by atoms with van der Waals surface area (Å²) >= 11 is 0. The summed E-state index contributed by atoms with van der Waals surface area (Å²) in [6, 6.07) is 10.3. The zero-order chi connectivity index (χ0) is 19.5. The first-order valence-corrected chi connectivity index (χ1v) is 10.5. The highest BCUT2D eigenvalue weighted by molar-refractivity contribution is 5.32. The molecular weight excluding hydrogens is 350 g/mol. The summed E-state index contributed by atoms with van der Waals surface area (Å²) in [4.78, 5) is 7.48. The number of para-hydroxylation sites is 1. The highest BCUT2D eigenvalue weighted by atomic mass is 16.3. The van der Waals surface area contributed by atoms with E-state index in [1.807, 2.05) is 22.9 Å². The largest absolute Gasteiger partial charge is 0.396 e. The first kappa shape index (κ1) is 19.6. The minimum atomic E-state index is 0.289. The number of hydrogen-bond donors (Lipinski definition) is 1. The summed E-state index contributed by atoms with van der Waals surface area (Å²) in [6.07, 6.45) is 2.16. The van der Waals surface area contributed by atoms with E-state index in [9.17, 15) is 5.11 Å². The number of aryl methyl sites for hydroxylation is 1. The Labute approximate surface area is 168 Å². The molecule has 1 aromatic carbocycles. The SMILES string of the molecule is Cc1nn(-c2ccccc2)cc1CN1CC(CO)C(CN2CCN(C)CC2)C1. The Kier molecular flexibility index (Phi) is 6.11. The Balaban J connectivity index is 1.38. The van der Waals surface area contributed by atoms with E-state index in [0.29, 0.717) is 11.8 Å². The predicted octanol–water partition coefficient (Wildman–Crippen LogP) is 1.47. The van der Waals surface area contributed by atoms with Crippen LogP contribution in [0.1, 0.15) is 11.3 Å². The van der Waals surface area contributed by atoms with Crippen LogP contribution in [0.4, 0.5) is 0 Å². The third kappa shape index (κ3) is 4.46. The Morgan fingerprint density at radius 1 is 1.00 bits per heavy atom. The van der Waals surface area contributed by atoms with Crippen LogP contribution in [-0.4, -0.2) is 89.1 Å². The monoisotopic (exact) mass is 383 g/mol. The minimum absolute atomic E-state index is 0.289. The molecule has 152 valence electrons. The number of piperazine rings is 1. The predicted molar refractivity (Wildman–Crippen MR) is 112 cm³/mol. The number of benzene rings is 1. The summed E-state index contributed by atoms with van der Waals surface area (Å²) in [7, 11) is 2.20. The van der Waals surface area contributed by atoms with Crippen molar-refractivity contribution in [2.45, 2.75) is 13.5 Å². The fourth-order valence-electron chi connectivity index (χ4n) is 4.55. The van der Waals surface area contributed by atoms with Gasteiger partial charge in [-0.3, -0.25) is 4.90 Å². The lowest BCUT2D eigenvalue weighted by molar-refractivity contribution is 0.116. The average Bonchev–Trinajstić information content (AvgIpc) is 3.27. The number of aliphatic hydroxyl groups is 1. The summed E-state index contributed by atoms with van der Waals surface area (Å²) in [5, 5.41) is 14.6. The van der Waals surface area contributed by atoms with Gasteiger partial charge in [0, 0.05) is 70.7 Å². The van der Waals surface area contributed by atoms with Crippen LogP contribution in [0.25, 0.3) is 5.69 Å².